The molecule has 0 aliphatic carbocycles. The fourth-order valence-corrected chi connectivity index (χ4v) is 3.92. The van der Waals surface area contributed by atoms with Gasteiger partial charge in [0, 0.05) is 13.1 Å². The van der Waals surface area contributed by atoms with Crippen LogP contribution >= 0.6 is 11.3 Å². The molecule has 1 amide bonds. The third-order valence-electron chi connectivity index (χ3n) is 4.33. The van der Waals surface area contributed by atoms with Crippen molar-refractivity contribution in [3.63, 3.8) is 0 Å². The number of likely N-dealkylation sites (tertiary alicyclic amines) is 1. The van der Waals surface area contributed by atoms with Gasteiger partial charge < -0.3 is 4.90 Å². The molecule has 0 unspecified atom stereocenters. The van der Waals surface area contributed by atoms with Gasteiger partial charge in [-0.1, -0.05) is 30.3 Å². The van der Waals surface area contributed by atoms with Crippen LogP contribution in [-0.4, -0.2) is 23.9 Å². The maximum absolute atomic E-state index is 12.5. The Bertz CT molecular complexity index is 597. The number of carbonyl (C=O) groups is 1. The first kappa shape index (κ1) is 14.3. The number of nitrogens with zero attached hydrogens (tertiary/aromatic N) is 1. The van der Waals surface area contributed by atoms with Crippen molar-refractivity contribution in [1.29, 1.82) is 0 Å². The first-order valence-corrected chi connectivity index (χ1v) is 8.49. The molecule has 1 saturated heterocycles. The van der Waals surface area contributed by atoms with E-state index >= 15 is 0 Å². The molecule has 110 valence electrons. The van der Waals surface area contributed by atoms with Crippen LogP contribution in [0.5, 0.6) is 0 Å². The quantitative estimate of drug-likeness (QED) is 0.833. The number of benzene rings is 1. The largest absolute Gasteiger partial charge is 0.338 e. The summed E-state index contributed by atoms with van der Waals surface area (Å²) in [4.78, 5) is 15.4. The molecule has 2 nitrogen and oxygen atoms in total. The molecular formula is C18H21NOS. The topological polar surface area (TPSA) is 20.3 Å². The number of hydrogen-bond acceptors (Lipinski definition) is 2. The standard InChI is InChI=1S/C18H21NOS/c1-14-9-12-21-17(14)18(20)19-10-7-16(8-11-19)13-15-5-3-2-4-6-15/h2-6,9,12,16H,7-8,10-11,13H2,1H3. The SMILES string of the molecule is Cc1ccsc1C(=O)N1CCC(Cc2ccccc2)CC1. The first-order chi connectivity index (χ1) is 10.2. The van der Waals surface area contributed by atoms with E-state index in [-0.39, 0.29) is 5.91 Å². The molecule has 1 fully saturated rings. The summed E-state index contributed by atoms with van der Waals surface area (Å²) in [5.41, 5.74) is 2.52. The normalized spacial score (nSPS) is 16.1. The maximum atomic E-state index is 12.5. The molecule has 0 atom stereocenters. The molecule has 1 aromatic heterocycles. The molecule has 2 aromatic rings. The van der Waals surface area contributed by atoms with Gasteiger partial charge in [-0.05, 0) is 54.7 Å². The Hall–Kier alpha value is -1.61. The Morgan fingerprint density at radius 3 is 2.52 bits per heavy atom. The highest BCUT2D eigenvalue weighted by Gasteiger charge is 2.25. The molecule has 0 saturated carbocycles. The molecule has 1 aromatic carbocycles. The first-order valence-electron chi connectivity index (χ1n) is 7.61. The van der Waals surface area contributed by atoms with Gasteiger partial charge in [0.2, 0.25) is 0 Å². The Kier molecular flexibility index (Phi) is 4.39. The third kappa shape index (κ3) is 3.35. The second-order valence-electron chi connectivity index (χ2n) is 5.86. The molecular weight excluding hydrogens is 278 g/mol. The Balaban J connectivity index is 1.56. The van der Waals surface area contributed by atoms with Crippen LogP contribution in [0.2, 0.25) is 0 Å². The van der Waals surface area contributed by atoms with Crippen LogP contribution in [0.4, 0.5) is 0 Å². The zero-order valence-electron chi connectivity index (χ0n) is 12.4. The lowest BCUT2D eigenvalue weighted by Gasteiger charge is -2.32. The smallest absolute Gasteiger partial charge is 0.264 e. The van der Waals surface area contributed by atoms with Crippen molar-refractivity contribution < 1.29 is 4.79 Å². The van der Waals surface area contributed by atoms with Crippen molar-refractivity contribution in [1.82, 2.24) is 4.90 Å². The monoisotopic (exact) mass is 299 g/mol. The van der Waals surface area contributed by atoms with E-state index in [2.05, 4.69) is 30.3 Å². The van der Waals surface area contributed by atoms with Crippen LogP contribution < -0.4 is 0 Å². The van der Waals surface area contributed by atoms with Crippen molar-refractivity contribution in [2.45, 2.75) is 26.2 Å². The summed E-state index contributed by atoms with van der Waals surface area (Å²) in [6.45, 7) is 3.81. The van der Waals surface area contributed by atoms with Gasteiger partial charge in [0.05, 0.1) is 4.88 Å². The van der Waals surface area contributed by atoms with Gasteiger partial charge in [-0.2, -0.15) is 0 Å². The summed E-state index contributed by atoms with van der Waals surface area (Å²) in [5.74, 6) is 0.932. The van der Waals surface area contributed by atoms with E-state index < -0.39 is 0 Å². The minimum Gasteiger partial charge on any atom is -0.338 e. The molecule has 2 heterocycles. The molecule has 21 heavy (non-hydrogen) atoms. The van der Waals surface area contributed by atoms with E-state index in [0.29, 0.717) is 5.92 Å². The number of rotatable bonds is 3. The second-order valence-corrected chi connectivity index (χ2v) is 6.77. The number of hydrogen-bond donors (Lipinski definition) is 0. The number of carbonyl (C=O) groups excluding carboxylic acids is 1. The van der Waals surface area contributed by atoms with Gasteiger partial charge in [-0.3, -0.25) is 4.79 Å². The fourth-order valence-electron chi connectivity index (χ4n) is 3.02. The van der Waals surface area contributed by atoms with Crippen LogP contribution in [0, 0.1) is 12.8 Å². The molecule has 3 heteroatoms. The van der Waals surface area contributed by atoms with Crippen molar-refractivity contribution >= 4 is 17.2 Å². The molecule has 0 N–H and O–H groups in total. The molecule has 1 aliphatic rings. The van der Waals surface area contributed by atoms with E-state index in [1.165, 1.54) is 5.56 Å². The summed E-state index contributed by atoms with van der Waals surface area (Å²) in [5, 5.41) is 2.00. The van der Waals surface area contributed by atoms with E-state index in [0.717, 1.165) is 42.8 Å². The van der Waals surface area contributed by atoms with Gasteiger partial charge in [-0.25, -0.2) is 0 Å². The highest BCUT2D eigenvalue weighted by atomic mass is 32.1. The van der Waals surface area contributed by atoms with Crippen LogP contribution in [0.25, 0.3) is 0 Å². The van der Waals surface area contributed by atoms with Crippen LogP contribution in [0.1, 0.15) is 33.6 Å². The zero-order valence-corrected chi connectivity index (χ0v) is 13.2. The number of aryl methyl sites for hydroxylation is 1. The summed E-state index contributed by atoms with van der Waals surface area (Å²) in [6.07, 6.45) is 3.37. The third-order valence-corrected chi connectivity index (χ3v) is 5.33. The molecule has 3 rings (SSSR count). The fraction of sp³-hybridized carbons (Fsp3) is 0.389. The summed E-state index contributed by atoms with van der Waals surface area (Å²) < 4.78 is 0. The minimum absolute atomic E-state index is 0.223. The van der Waals surface area contributed by atoms with E-state index in [1.54, 1.807) is 11.3 Å². The van der Waals surface area contributed by atoms with Crippen molar-refractivity contribution in [2.75, 3.05) is 13.1 Å². The highest BCUT2D eigenvalue weighted by molar-refractivity contribution is 7.12. The van der Waals surface area contributed by atoms with Crippen molar-refractivity contribution in [2.24, 2.45) is 5.92 Å². The van der Waals surface area contributed by atoms with Crippen LogP contribution in [0.15, 0.2) is 41.8 Å². The lowest BCUT2D eigenvalue weighted by Crippen LogP contribution is -2.38. The van der Waals surface area contributed by atoms with E-state index in [4.69, 9.17) is 0 Å². The number of thiophene rings is 1. The average molecular weight is 299 g/mol. The summed E-state index contributed by atoms with van der Waals surface area (Å²) in [6, 6.07) is 12.7. The van der Waals surface area contributed by atoms with Gasteiger partial charge >= 0.3 is 0 Å². The Labute approximate surface area is 130 Å². The summed E-state index contributed by atoms with van der Waals surface area (Å²) in [7, 11) is 0. The molecule has 0 spiro atoms. The Morgan fingerprint density at radius 2 is 1.90 bits per heavy atom. The highest BCUT2D eigenvalue weighted by Crippen LogP contribution is 2.25. The van der Waals surface area contributed by atoms with Gasteiger partial charge in [0.15, 0.2) is 0 Å². The summed E-state index contributed by atoms with van der Waals surface area (Å²) >= 11 is 1.56. The molecule has 1 aliphatic heterocycles. The van der Waals surface area contributed by atoms with Gasteiger partial charge in [0.1, 0.15) is 0 Å². The van der Waals surface area contributed by atoms with Crippen molar-refractivity contribution in [3.8, 4) is 0 Å². The number of amides is 1. The molecule has 0 bridgehead atoms. The van der Waals surface area contributed by atoms with Crippen LogP contribution in [0.3, 0.4) is 0 Å². The van der Waals surface area contributed by atoms with E-state index in [1.807, 2.05) is 23.3 Å². The predicted octanol–water partition coefficient (Wildman–Crippen LogP) is 4.15. The maximum Gasteiger partial charge on any atom is 0.264 e. The predicted molar refractivity (Wildman–Crippen MR) is 87.8 cm³/mol. The van der Waals surface area contributed by atoms with Crippen molar-refractivity contribution in [3.05, 3.63) is 57.8 Å². The Morgan fingerprint density at radius 1 is 1.19 bits per heavy atom. The minimum atomic E-state index is 0.223. The van der Waals surface area contributed by atoms with Gasteiger partial charge in [0.25, 0.3) is 5.91 Å². The number of piperidine rings is 1. The molecule has 0 radical (unpaired) electrons. The average Bonchev–Trinajstić information content (AvgIpc) is 2.94. The lowest BCUT2D eigenvalue weighted by atomic mass is 9.90. The lowest BCUT2D eigenvalue weighted by molar-refractivity contribution is 0.0695. The van der Waals surface area contributed by atoms with Gasteiger partial charge in [-0.15, -0.1) is 11.3 Å². The zero-order chi connectivity index (χ0) is 14.7. The van der Waals surface area contributed by atoms with E-state index in [9.17, 15) is 4.79 Å². The van der Waals surface area contributed by atoms with Crippen LogP contribution in [-0.2, 0) is 6.42 Å². The second kappa shape index (κ2) is 6.44.